The lowest BCUT2D eigenvalue weighted by molar-refractivity contribution is -0.114. The van der Waals surface area contributed by atoms with Crippen molar-refractivity contribution >= 4 is 34.1 Å². The zero-order valence-corrected chi connectivity index (χ0v) is 13.8. The van der Waals surface area contributed by atoms with Crippen molar-refractivity contribution in [1.82, 2.24) is 9.97 Å². The van der Waals surface area contributed by atoms with Crippen molar-refractivity contribution in [3.05, 3.63) is 48.2 Å². The molecule has 6 nitrogen and oxygen atoms in total. The predicted molar refractivity (Wildman–Crippen MR) is 94.9 cm³/mol. The molecule has 1 heterocycles. The van der Waals surface area contributed by atoms with E-state index in [0.717, 1.165) is 33.9 Å². The molecule has 0 unspecified atom stereocenters. The molecule has 1 aromatic heterocycles. The molecule has 0 spiro atoms. The maximum Gasteiger partial charge on any atom is 0.221 e. The molecule has 2 N–H and O–H groups in total. The number of nitrogens with one attached hydrogen (secondary N) is 2. The molecular weight excluding hydrogens is 304 g/mol. The Morgan fingerprint density at radius 1 is 1.00 bits per heavy atom. The van der Waals surface area contributed by atoms with Gasteiger partial charge in [-0.15, -0.1) is 0 Å². The van der Waals surface area contributed by atoms with Gasteiger partial charge >= 0.3 is 0 Å². The lowest BCUT2D eigenvalue weighted by Gasteiger charge is -2.11. The number of anilines is 3. The molecule has 122 valence electrons. The molecule has 6 heteroatoms. The summed E-state index contributed by atoms with van der Waals surface area (Å²) in [6.07, 6.45) is 0. The average Bonchev–Trinajstić information content (AvgIpc) is 2.56. The Labute approximate surface area is 139 Å². The van der Waals surface area contributed by atoms with Crippen LogP contribution in [0.4, 0.5) is 17.2 Å². The van der Waals surface area contributed by atoms with Crippen LogP contribution in [0.5, 0.6) is 5.75 Å². The number of ether oxygens (including phenoxy) is 1. The summed E-state index contributed by atoms with van der Waals surface area (Å²) >= 11 is 0. The molecule has 2 aromatic carbocycles. The molecule has 0 radical (unpaired) electrons. The molecule has 0 bridgehead atoms. The van der Waals surface area contributed by atoms with Crippen molar-refractivity contribution in [2.45, 2.75) is 13.8 Å². The van der Waals surface area contributed by atoms with Crippen LogP contribution in [0.1, 0.15) is 12.6 Å². The molecule has 0 atom stereocenters. The summed E-state index contributed by atoms with van der Waals surface area (Å²) in [6.45, 7) is 3.39. The van der Waals surface area contributed by atoms with Crippen LogP contribution in [-0.2, 0) is 4.79 Å². The van der Waals surface area contributed by atoms with Crippen molar-refractivity contribution < 1.29 is 9.53 Å². The van der Waals surface area contributed by atoms with Gasteiger partial charge in [-0.3, -0.25) is 4.79 Å². The van der Waals surface area contributed by atoms with E-state index in [-0.39, 0.29) is 5.91 Å². The molecule has 3 rings (SSSR count). The number of carbonyl (C=O) groups excluding carboxylic acids is 1. The highest BCUT2D eigenvalue weighted by Gasteiger charge is 2.07. The first-order valence-electron chi connectivity index (χ1n) is 7.52. The normalized spacial score (nSPS) is 10.5. The van der Waals surface area contributed by atoms with E-state index in [0.29, 0.717) is 5.82 Å². The van der Waals surface area contributed by atoms with Gasteiger partial charge in [0.15, 0.2) is 5.82 Å². The number of aryl methyl sites for hydroxylation is 1. The van der Waals surface area contributed by atoms with Crippen molar-refractivity contribution in [2.75, 3.05) is 17.7 Å². The van der Waals surface area contributed by atoms with Gasteiger partial charge in [-0.25, -0.2) is 9.97 Å². The van der Waals surface area contributed by atoms with Gasteiger partial charge in [0.1, 0.15) is 5.75 Å². The number of benzene rings is 2. The first-order chi connectivity index (χ1) is 11.5. The monoisotopic (exact) mass is 322 g/mol. The predicted octanol–water partition coefficient (Wildman–Crippen LogP) is 3.65. The Morgan fingerprint density at radius 2 is 1.71 bits per heavy atom. The second-order valence-electron chi connectivity index (χ2n) is 5.40. The highest BCUT2D eigenvalue weighted by Crippen LogP contribution is 2.24. The van der Waals surface area contributed by atoms with E-state index in [1.54, 1.807) is 7.11 Å². The van der Waals surface area contributed by atoms with Crippen LogP contribution in [0.2, 0.25) is 0 Å². The highest BCUT2D eigenvalue weighted by atomic mass is 16.5. The Balaban J connectivity index is 1.88. The number of hydrogen-bond donors (Lipinski definition) is 2. The Morgan fingerprint density at radius 3 is 2.38 bits per heavy atom. The molecule has 24 heavy (non-hydrogen) atoms. The Bertz CT molecular complexity index is 891. The third-order valence-corrected chi connectivity index (χ3v) is 3.51. The fraction of sp³-hybridized carbons (Fsp3) is 0.167. The van der Waals surface area contributed by atoms with Crippen LogP contribution < -0.4 is 15.4 Å². The van der Waals surface area contributed by atoms with Gasteiger partial charge in [0.2, 0.25) is 5.91 Å². The lowest BCUT2D eigenvalue weighted by Crippen LogP contribution is -2.05. The number of amides is 1. The summed E-state index contributed by atoms with van der Waals surface area (Å²) < 4.78 is 5.23. The van der Waals surface area contributed by atoms with Gasteiger partial charge in [-0.2, -0.15) is 0 Å². The van der Waals surface area contributed by atoms with E-state index in [1.807, 2.05) is 49.4 Å². The van der Waals surface area contributed by atoms with E-state index in [2.05, 4.69) is 20.6 Å². The second kappa shape index (κ2) is 6.54. The smallest absolute Gasteiger partial charge is 0.221 e. The minimum Gasteiger partial charge on any atom is -0.497 e. The van der Waals surface area contributed by atoms with Gasteiger partial charge in [0, 0.05) is 24.4 Å². The topological polar surface area (TPSA) is 76.1 Å². The van der Waals surface area contributed by atoms with Crippen molar-refractivity contribution in [2.24, 2.45) is 0 Å². The molecule has 0 fully saturated rings. The third-order valence-electron chi connectivity index (χ3n) is 3.51. The quantitative estimate of drug-likeness (QED) is 0.767. The van der Waals surface area contributed by atoms with E-state index >= 15 is 0 Å². The number of nitrogens with zero attached hydrogens (tertiary/aromatic N) is 2. The number of fused-ring (bicyclic) bond motifs is 1. The third kappa shape index (κ3) is 3.43. The Hall–Kier alpha value is -3.15. The first-order valence-corrected chi connectivity index (χ1v) is 7.52. The summed E-state index contributed by atoms with van der Waals surface area (Å²) in [5, 5.41) is 5.99. The molecule has 0 aliphatic carbocycles. The number of aromatic nitrogens is 2. The standard InChI is InChI=1S/C18H18N4O2/c1-11-18(21-14-6-4-13(5-7-14)20-12(2)23)22-17-10-15(24-3)8-9-16(17)19-11/h4-10H,1-3H3,(H,20,23)(H,21,22). The van der Waals surface area contributed by atoms with Gasteiger partial charge in [0.05, 0.1) is 23.8 Å². The molecule has 3 aromatic rings. The molecule has 0 saturated carbocycles. The maximum absolute atomic E-state index is 11.1. The number of carbonyl (C=O) groups is 1. The van der Waals surface area contributed by atoms with E-state index in [1.165, 1.54) is 6.92 Å². The second-order valence-corrected chi connectivity index (χ2v) is 5.40. The number of rotatable bonds is 4. The summed E-state index contributed by atoms with van der Waals surface area (Å²) in [4.78, 5) is 20.2. The average molecular weight is 322 g/mol. The van der Waals surface area contributed by atoms with E-state index in [9.17, 15) is 4.79 Å². The fourth-order valence-electron chi connectivity index (χ4n) is 2.34. The van der Waals surface area contributed by atoms with Crippen LogP contribution in [0, 0.1) is 6.92 Å². The lowest BCUT2D eigenvalue weighted by atomic mass is 10.2. The molecule has 0 aliphatic heterocycles. The van der Waals surface area contributed by atoms with Crippen LogP contribution >= 0.6 is 0 Å². The SMILES string of the molecule is COc1ccc2nc(C)c(Nc3ccc(NC(C)=O)cc3)nc2c1. The highest BCUT2D eigenvalue weighted by molar-refractivity contribution is 5.89. The van der Waals surface area contributed by atoms with Crippen LogP contribution in [0.3, 0.4) is 0 Å². The molecule has 1 amide bonds. The number of hydrogen-bond acceptors (Lipinski definition) is 5. The Kier molecular flexibility index (Phi) is 4.29. The van der Waals surface area contributed by atoms with Crippen molar-refractivity contribution in [1.29, 1.82) is 0 Å². The van der Waals surface area contributed by atoms with Gasteiger partial charge < -0.3 is 15.4 Å². The van der Waals surface area contributed by atoms with Gasteiger partial charge in [0.25, 0.3) is 0 Å². The molecule has 0 aliphatic rings. The number of methoxy groups -OCH3 is 1. The maximum atomic E-state index is 11.1. The molecule has 0 saturated heterocycles. The minimum absolute atomic E-state index is 0.0964. The van der Waals surface area contributed by atoms with Crippen molar-refractivity contribution in [3.8, 4) is 5.75 Å². The van der Waals surface area contributed by atoms with E-state index in [4.69, 9.17) is 4.74 Å². The first kappa shape index (κ1) is 15.7. The summed E-state index contributed by atoms with van der Waals surface area (Å²) in [5.41, 5.74) is 4.00. The zero-order valence-electron chi connectivity index (χ0n) is 13.8. The van der Waals surface area contributed by atoms with Gasteiger partial charge in [-0.1, -0.05) is 0 Å². The van der Waals surface area contributed by atoms with Crippen LogP contribution in [0.25, 0.3) is 11.0 Å². The summed E-state index contributed by atoms with van der Waals surface area (Å²) in [7, 11) is 1.62. The summed E-state index contributed by atoms with van der Waals surface area (Å²) in [5.74, 6) is 1.33. The summed E-state index contributed by atoms with van der Waals surface area (Å²) in [6, 6.07) is 13.0. The fourth-order valence-corrected chi connectivity index (χ4v) is 2.34. The van der Waals surface area contributed by atoms with Crippen LogP contribution in [0.15, 0.2) is 42.5 Å². The largest absolute Gasteiger partial charge is 0.497 e. The van der Waals surface area contributed by atoms with Crippen molar-refractivity contribution in [3.63, 3.8) is 0 Å². The minimum atomic E-state index is -0.0964. The van der Waals surface area contributed by atoms with Gasteiger partial charge in [-0.05, 0) is 43.3 Å². The van der Waals surface area contributed by atoms with Crippen LogP contribution in [-0.4, -0.2) is 23.0 Å². The zero-order chi connectivity index (χ0) is 17.1. The van der Waals surface area contributed by atoms with E-state index < -0.39 is 0 Å². The molecular formula is C18H18N4O2.